The van der Waals surface area contributed by atoms with Crippen LogP contribution in [0, 0.1) is 5.82 Å². The number of carbonyl (C=O) groups excluding carboxylic acids is 1. The van der Waals surface area contributed by atoms with Gasteiger partial charge in [-0.1, -0.05) is 12.5 Å². The van der Waals surface area contributed by atoms with Gasteiger partial charge in [-0.2, -0.15) is 5.10 Å². The van der Waals surface area contributed by atoms with Crippen LogP contribution in [0.4, 0.5) is 9.52 Å². The maximum atomic E-state index is 13.4. The van der Waals surface area contributed by atoms with Crippen molar-refractivity contribution in [3.63, 3.8) is 0 Å². The molecule has 156 valence electrons. The molecule has 1 aliphatic carbocycles. The average molecular weight is 434 g/mol. The second kappa shape index (κ2) is 8.39. The molecule has 0 atom stereocenters. The summed E-state index contributed by atoms with van der Waals surface area (Å²) in [5, 5.41) is 9.91. The fraction of sp³-hybridized carbons (Fsp3) is 0.217. The van der Waals surface area contributed by atoms with Crippen LogP contribution in [-0.2, 0) is 12.8 Å². The Bertz CT molecular complexity index is 1220. The number of thiazole rings is 1. The van der Waals surface area contributed by atoms with E-state index in [-0.39, 0.29) is 11.7 Å². The Hall–Kier alpha value is -3.39. The summed E-state index contributed by atoms with van der Waals surface area (Å²) in [4.78, 5) is 21.9. The lowest BCUT2D eigenvalue weighted by molar-refractivity contribution is 0.102. The topological polar surface area (TPSA) is 72.7 Å². The number of fused-ring (bicyclic) bond motifs is 1. The van der Waals surface area contributed by atoms with Gasteiger partial charge in [0.05, 0.1) is 11.4 Å². The van der Waals surface area contributed by atoms with Crippen LogP contribution < -0.4 is 5.32 Å². The lowest BCUT2D eigenvalue weighted by atomic mass is 10.1. The molecule has 1 aliphatic rings. The van der Waals surface area contributed by atoms with Crippen LogP contribution in [-0.4, -0.2) is 25.7 Å². The molecular weight excluding hydrogens is 413 g/mol. The van der Waals surface area contributed by atoms with Crippen molar-refractivity contribution in [3.8, 4) is 17.1 Å². The molecule has 8 heteroatoms. The van der Waals surface area contributed by atoms with Crippen LogP contribution in [0.2, 0.25) is 0 Å². The van der Waals surface area contributed by atoms with E-state index in [0.717, 1.165) is 60.4 Å². The standard InChI is InChI=1S/C23H20FN5OS/c24-15-9-11-16(12-10-15)29-20-8-3-1-2-6-17(20)21(28-29)22(30)27-23-26-19(14-31-23)18-7-4-5-13-25-18/h4-5,7,9-14H,1-3,6,8H2,(H,26,27,30). The summed E-state index contributed by atoms with van der Waals surface area (Å²) >= 11 is 1.35. The van der Waals surface area contributed by atoms with E-state index in [1.807, 2.05) is 23.6 Å². The van der Waals surface area contributed by atoms with Gasteiger partial charge in [0.15, 0.2) is 10.8 Å². The molecule has 31 heavy (non-hydrogen) atoms. The van der Waals surface area contributed by atoms with Gasteiger partial charge < -0.3 is 0 Å². The predicted molar refractivity (Wildman–Crippen MR) is 118 cm³/mol. The van der Waals surface area contributed by atoms with E-state index in [9.17, 15) is 9.18 Å². The first-order valence-corrected chi connectivity index (χ1v) is 11.1. The number of amides is 1. The normalized spacial score (nSPS) is 13.5. The third-order valence-corrected chi connectivity index (χ3v) is 6.13. The number of anilines is 1. The minimum absolute atomic E-state index is 0.277. The Morgan fingerprint density at radius 1 is 1.03 bits per heavy atom. The van der Waals surface area contributed by atoms with Crippen LogP contribution >= 0.6 is 11.3 Å². The van der Waals surface area contributed by atoms with Crippen molar-refractivity contribution >= 4 is 22.4 Å². The minimum atomic E-state index is -0.299. The fourth-order valence-electron chi connectivity index (χ4n) is 3.87. The van der Waals surface area contributed by atoms with E-state index in [4.69, 9.17) is 0 Å². The van der Waals surface area contributed by atoms with Gasteiger partial charge in [0.1, 0.15) is 11.5 Å². The largest absolute Gasteiger partial charge is 0.296 e. The average Bonchev–Trinajstić information content (AvgIpc) is 3.32. The summed E-state index contributed by atoms with van der Waals surface area (Å²) in [5.74, 6) is -0.576. The first-order chi connectivity index (χ1) is 15.2. The molecule has 1 aromatic carbocycles. The number of rotatable bonds is 4. The number of aromatic nitrogens is 4. The van der Waals surface area contributed by atoms with Gasteiger partial charge in [-0.25, -0.2) is 14.1 Å². The van der Waals surface area contributed by atoms with Crippen LogP contribution in [0.3, 0.4) is 0 Å². The van der Waals surface area contributed by atoms with Crippen LogP contribution in [0.1, 0.15) is 41.0 Å². The number of hydrogen-bond donors (Lipinski definition) is 1. The highest BCUT2D eigenvalue weighted by atomic mass is 32.1. The molecule has 0 bridgehead atoms. The van der Waals surface area contributed by atoms with Gasteiger partial charge in [0, 0.05) is 22.8 Å². The molecule has 0 saturated carbocycles. The van der Waals surface area contributed by atoms with Crippen LogP contribution in [0.5, 0.6) is 0 Å². The second-order valence-electron chi connectivity index (χ2n) is 7.43. The Labute approximate surface area is 182 Å². The fourth-order valence-corrected chi connectivity index (χ4v) is 4.57. The summed E-state index contributed by atoms with van der Waals surface area (Å²) in [6, 6.07) is 11.8. The molecule has 0 spiro atoms. The van der Waals surface area contributed by atoms with Gasteiger partial charge in [-0.3, -0.25) is 15.1 Å². The number of benzene rings is 1. The van der Waals surface area contributed by atoms with Crippen molar-refractivity contribution in [1.29, 1.82) is 0 Å². The van der Waals surface area contributed by atoms with E-state index < -0.39 is 0 Å². The molecule has 0 aliphatic heterocycles. The summed E-state index contributed by atoms with van der Waals surface area (Å²) in [6.45, 7) is 0. The predicted octanol–water partition coefficient (Wildman–Crippen LogP) is 5.05. The van der Waals surface area contributed by atoms with E-state index >= 15 is 0 Å². The van der Waals surface area contributed by atoms with Gasteiger partial charge in [0.2, 0.25) is 0 Å². The highest BCUT2D eigenvalue weighted by Gasteiger charge is 2.25. The molecule has 6 nitrogen and oxygen atoms in total. The minimum Gasteiger partial charge on any atom is -0.296 e. The summed E-state index contributed by atoms with van der Waals surface area (Å²) in [6.07, 6.45) is 6.53. The number of pyridine rings is 1. The SMILES string of the molecule is O=C(Nc1nc(-c2ccccn2)cs1)c1nn(-c2ccc(F)cc2)c2c1CCCCC2. The molecule has 5 rings (SSSR count). The summed E-state index contributed by atoms with van der Waals surface area (Å²) in [5.41, 5.74) is 4.65. The van der Waals surface area contributed by atoms with Crippen LogP contribution in [0.15, 0.2) is 54.0 Å². The molecule has 1 N–H and O–H groups in total. The monoisotopic (exact) mass is 433 g/mol. The Morgan fingerprint density at radius 2 is 1.87 bits per heavy atom. The first kappa shape index (κ1) is 19.6. The van der Waals surface area contributed by atoms with E-state index in [0.29, 0.717) is 10.8 Å². The quantitative estimate of drug-likeness (QED) is 0.457. The van der Waals surface area contributed by atoms with Gasteiger partial charge in [0.25, 0.3) is 5.91 Å². The van der Waals surface area contributed by atoms with Gasteiger partial charge in [-0.05, 0) is 62.1 Å². The third kappa shape index (κ3) is 3.98. The molecule has 3 aromatic heterocycles. The highest BCUT2D eigenvalue weighted by molar-refractivity contribution is 7.14. The molecular formula is C23H20FN5OS. The van der Waals surface area contributed by atoms with Crippen molar-refractivity contribution in [2.45, 2.75) is 32.1 Å². The zero-order valence-corrected chi connectivity index (χ0v) is 17.5. The maximum absolute atomic E-state index is 13.4. The number of nitrogens with zero attached hydrogens (tertiary/aromatic N) is 4. The van der Waals surface area contributed by atoms with E-state index in [1.54, 1.807) is 23.0 Å². The van der Waals surface area contributed by atoms with Crippen LogP contribution in [0.25, 0.3) is 17.1 Å². The first-order valence-electron chi connectivity index (χ1n) is 10.2. The second-order valence-corrected chi connectivity index (χ2v) is 8.29. The molecule has 4 aromatic rings. The van der Waals surface area contributed by atoms with Crippen molar-refractivity contribution in [2.24, 2.45) is 0 Å². The van der Waals surface area contributed by atoms with Crippen molar-refractivity contribution < 1.29 is 9.18 Å². The maximum Gasteiger partial charge on any atom is 0.278 e. The Kier molecular flexibility index (Phi) is 5.30. The zero-order valence-electron chi connectivity index (χ0n) is 16.7. The third-order valence-electron chi connectivity index (χ3n) is 5.37. The van der Waals surface area contributed by atoms with E-state index in [1.165, 1.54) is 23.5 Å². The van der Waals surface area contributed by atoms with Crippen molar-refractivity contribution in [2.75, 3.05) is 5.32 Å². The zero-order chi connectivity index (χ0) is 21.2. The number of hydrogen-bond acceptors (Lipinski definition) is 5. The van der Waals surface area contributed by atoms with Gasteiger partial charge in [-0.15, -0.1) is 11.3 Å². The summed E-state index contributed by atoms with van der Waals surface area (Å²) < 4.78 is 15.2. The number of halogens is 1. The number of nitrogens with one attached hydrogen (secondary N) is 1. The van der Waals surface area contributed by atoms with Crippen molar-refractivity contribution in [3.05, 3.63) is 76.8 Å². The summed E-state index contributed by atoms with van der Waals surface area (Å²) in [7, 11) is 0. The highest BCUT2D eigenvalue weighted by Crippen LogP contribution is 2.28. The van der Waals surface area contributed by atoms with Gasteiger partial charge >= 0.3 is 0 Å². The molecule has 0 radical (unpaired) electrons. The lowest BCUT2D eigenvalue weighted by Gasteiger charge is -2.07. The Balaban J connectivity index is 1.46. The number of carbonyl (C=O) groups is 1. The Morgan fingerprint density at radius 3 is 2.68 bits per heavy atom. The molecule has 0 unspecified atom stereocenters. The smallest absolute Gasteiger partial charge is 0.278 e. The van der Waals surface area contributed by atoms with Crippen molar-refractivity contribution in [1.82, 2.24) is 19.7 Å². The van der Waals surface area contributed by atoms with E-state index in [2.05, 4.69) is 20.4 Å². The molecule has 0 fully saturated rings. The molecule has 0 saturated heterocycles. The lowest BCUT2D eigenvalue weighted by Crippen LogP contribution is -2.15. The molecule has 1 amide bonds. The molecule has 3 heterocycles.